The van der Waals surface area contributed by atoms with Crippen molar-refractivity contribution in [3.05, 3.63) is 33.9 Å². The third-order valence-corrected chi connectivity index (χ3v) is 2.63. The molecule has 0 radical (unpaired) electrons. The van der Waals surface area contributed by atoms with E-state index in [-0.39, 0.29) is 22.2 Å². The van der Waals surface area contributed by atoms with Crippen LogP contribution in [0.3, 0.4) is 0 Å². The Bertz CT molecular complexity index is 600. The van der Waals surface area contributed by atoms with Crippen LogP contribution in [0.4, 0.5) is 11.5 Å². The molecule has 1 aromatic carbocycles. The summed E-state index contributed by atoms with van der Waals surface area (Å²) in [5.74, 6) is -0.526. The second kappa shape index (κ2) is 4.81. The normalized spacial score (nSPS) is 10.4. The zero-order chi connectivity index (χ0) is 13.3. The molecule has 0 atom stereocenters. The van der Waals surface area contributed by atoms with E-state index in [4.69, 9.17) is 34.3 Å². The molecule has 0 fully saturated rings. The number of hydrogen-bond acceptors (Lipinski definition) is 6. The van der Waals surface area contributed by atoms with Gasteiger partial charge in [0.1, 0.15) is 0 Å². The summed E-state index contributed by atoms with van der Waals surface area (Å²) >= 11 is 11.6. The number of benzene rings is 1. The maximum atomic E-state index is 9.87. The van der Waals surface area contributed by atoms with Gasteiger partial charge in [0.25, 0.3) is 0 Å². The molecule has 18 heavy (non-hydrogen) atoms. The largest absolute Gasteiger partial charge is 0.379 e. The van der Waals surface area contributed by atoms with Crippen LogP contribution in [0.5, 0.6) is 0 Å². The molecule has 0 saturated carbocycles. The third kappa shape index (κ3) is 2.23. The van der Waals surface area contributed by atoms with E-state index in [1.807, 2.05) is 0 Å². The number of amidine groups is 1. The lowest BCUT2D eigenvalue weighted by molar-refractivity contribution is 0.301. The number of hydroxylamine groups is 1. The van der Waals surface area contributed by atoms with Gasteiger partial charge in [0.15, 0.2) is 17.3 Å². The van der Waals surface area contributed by atoms with E-state index in [0.29, 0.717) is 10.1 Å². The van der Waals surface area contributed by atoms with Gasteiger partial charge in [0.2, 0.25) is 0 Å². The summed E-state index contributed by atoms with van der Waals surface area (Å²) in [4.78, 5) is 0. The van der Waals surface area contributed by atoms with Gasteiger partial charge in [-0.1, -0.05) is 23.2 Å². The van der Waals surface area contributed by atoms with Gasteiger partial charge in [-0.25, -0.2) is 9.69 Å². The average Bonchev–Trinajstić information content (AvgIpc) is 2.74. The monoisotopic (exact) mass is 287 g/mol. The number of halogens is 2. The highest BCUT2D eigenvalue weighted by Crippen LogP contribution is 2.28. The van der Waals surface area contributed by atoms with Gasteiger partial charge in [-0.05, 0) is 28.5 Å². The second-order valence-corrected chi connectivity index (χ2v) is 4.10. The van der Waals surface area contributed by atoms with E-state index in [1.165, 1.54) is 18.2 Å². The Morgan fingerprint density at radius 3 is 2.67 bits per heavy atom. The molecule has 1 heterocycles. The van der Waals surface area contributed by atoms with E-state index in [2.05, 4.69) is 14.9 Å². The summed E-state index contributed by atoms with van der Waals surface area (Å²) in [7, 11) is 0. The predicted octanol–water partition coefficient (Wildman–Crippen LogP) is 2.18. The fraction of sp³-hybridized carbons (Fsp3) is 0. The van der Waals surface area contributed by atoms with Crippen LogP contribution in [0, 0.1) is 5.41 Å². The van der Waals surface area contributed by atoms with Gasteiger partial charge in [0.05, 0.1) is 10.7 Å². The molecule has 0 spiro atoms. The molecule has 0 unspecified atom stereocenters. The van der Waals surface area contributed by atoms with Crippen LogP contribution in [0.2, 0.25) is 10.0 Å². The summed E-state index contributed by atoms with van der Waals surface area (Å²) in [6.45, 7) is 0. The van der Waals surface area contributed by atoms with E-state index < -0.39 is 5.84 Å². The minimum absolute atomic E-state index is 0.0940. The van der Waals surface area contributed by atoms with Crippen LogP contribution >= 0.6 is 23.2 Å². The van der Waals surface area contributed by atoms with Crippen molar-refractivity contribution in [3.63, 3.8) is 0 Å². The minimum Gasteiger partial charge on any atom is -0.379 e. The number of rotatable bonds is 2. The Kier molecular flexibility index (Phi) is 3.37. The lowest BCUT2D eigenvalue weighted by atomic mass is 10.3. The van der Waals surface area contributed by atoms with Crippen molar-refractivity contribution < 1.29 is 9.84 Å². The lowest BCUT2D eigenvalue weighted by Gasteiger charge is -2.17. The van der Waals surface area contributed by atoms with Crippen LogP contribution in [0.15, 0.2) is 22.8 Å². The van der Waals surface area contributed by atoms with E-state index in [0.717, 1.165) is 0 Å². The number of nitrogens with two attached hydrogens (primary N) is 1. The number of aromatic nitrogens is 2. The Hall–Kier alpha value is -1.83. The first-order valence-electron chi connectivity index (χ1n) is 4.61. The van der Waals surface area contributed by atoms with E-state index >= 15 is 0 Å². The van der Waals surface area contributed by atoms with Crippen molar-refractivity contribution >= 4 is 40.5 Å². The summed E-state index contributed by atoms with van der Waals surface area (Å²) in [6.07, 6.45) is 0. The maximum Gasteiger partial charge on any atom is 0.199 e. The third-order valence-electron chi connectivity index (χ3n) is 2.09. The highest BCUT2D eigenvalue weighted by molar-refractivity contribution is 6.36. The molecule has 0 aliphatic carbocycles. The molecule has 0 saturated heterocycles. The van der Waals surface area contributed by atoms with Crippen molar-refractivity contribution in [2.45, 2.75) is 0 Å². The SMILES string of the molecule is N=C(c1nonc1N)N(O)c1ccc(Cl)cc1Cl. The molecule has 0 aliphatic rings. The first kappa shape index (κ1) is 12.6. The standard InChI is InChI=1S/C9H7Cl2N5O2/c10-4-1-2-6(5(11)3-4)16(17)9(13)7-8(12)15-18-14-7/h1-3,13,17H,(H2,12,15). The van der Waals surface area contributed by atoms with Crippen molar-refractivity contribution in [1.29, 1.82) is 5.41 Å². The van der Waals surface area contributed by atoms with Crippen molar-refractivity contribution in [2.75, 3.05) is 10.8 Å². The number of nitrogen functional groups attached to an aromatic ring is 1. The van der Waals surface area contributed by atoms with Crippen LogP contribution in [-0.2, 0) is 0 Å². The molecular formula is C9H7Cl2N5O2. The minimum atomic E-state index is -0.419. The fourth-order valence-corrected chi connectivity index (χ4v) is 1.72. The zero-order valence-electron chi connectivity index (χ0n) is 8.76. The summed E-state index contributed by atoms with van der Waals surface area (Å²) in [5.41, 5.74) is 5.49. The number of anilines is 2. The average molecular weight is 288 g/mol. The molecular weight excluding hydrogens is 281 g/mol. The first-order valence-corrected chi connectivity index (χ1v) is 5.37. The maximum absolute atomic E-state index is 9.87. The van der Waals surface area contributed by atoms with Gasteiger partial charge in [-0.2, -0.15) is 0 Å². The summed E-state index contributed by atoms with van der Waals surface area (Å²) < 4.78 is 4.34. The first-order chi connectivity index (χ1) is 8.50. The highest BCUT2D eigenvalue weighted by atomic mass is 35.5. The lowest BCUT2D eigenvalue weighted by Crippen LogP contribution is -2.28. The molecule has 7 nitrogen and oxygen atoms in total. The smallest absolute Gasteiger partial charge is 0.199 e. The van der Waals surface area contributed by atoms with Crippen molar-refractivity contribution in [3.8, 4) is 0 Å². The number of nitrogens with one attached hydrogen (secondary N) is 1. The number of nitrogens with zero attached hydrogens (tertiary/aromatic N) is 3. The van der Waals surface area contributed by atoms with Gasteiger partial charge >= 0.3 is 0 Å². The molecule has 0 aliphatic heterocycles. The van der Waals surface area contributed by atoms with Gasteiger partial charge in [-0.15, -0.1) is 0 Å². The molecule has 1 aromatic heterocycles. The predicted molar refractivity (Wildman–Crippen MR) is 66.3 cm³/mol. The van der Waals surface area contributed by atoms with E-state index in [9.17, 15) is 5.21 Å². The molecule has 2 rings (SSSR count). The Balaban J connectivity index is 2.34. The van der Waals surface area contributed by atoms with Gasteiger partial charge < -0.3 is 5.73 Å². The second-order valence-electron chi connectivity index (χ2n) is 3.25. The molecule has 0 bridgehead atoms. The topological polar surface area (TPSA) is 112 Å². The Morgan fingerprint density at radius 1 is 1.39 bits per heavy atom. The Morgan fingerprint density at radius 2 is 2.11 bits per heavy atom. The molecule has 0 amide bonds. The molecule has 2 aromatic rings. The van der Waals surface area contributed by atoms with Crippen LogP contribution < -0.4 is 10.8 Å². The quantitative estimate of drug-likeness (QED) is 0.443. The van der Waals surface area contributed by atoms with Crippen LogP contribution in [0.1, 0.15) is 5.69 Å². The molecule has 94 valence electrons. The van der Waals surface area contributed by atoms with Gasteiger partial charge in [0, 0.05) is 5.02 Å². The van der Waals surface area contributed by atoms with Crippen LogP contribution in [-0.4, -0.2) is 21.4 Å². The van der Waals surface area contributed by atoms with E-state index in [1.54, 1.807) is 0 Å². The van der Waals surface area contributed by atoms with Crippen molar-refractivity contribution in [1.82, 2.24) is 10.3 Å². The Labute approximate surface area is 111 Å². The summed E-state index contributed by atoms with van der Waals surface area (Å²) in [5, 5.41) is 25.4. The van der Waals surface area contributed by atoms with Gasteiger partial charge in [-0.3, -0.25) is 10.6 Å². The number of hydrogen-bond donors (Lipinski definition) is 3. The fourth-order valence-electron chi connectivity index (χ4n) is 1.23. The molecule has 9 heteroatoms. The molecule has 4 N–H and O–H groups in total. The van der Waals surface area contributed by atoms with Crippen molar-refractivity contribution in [2.24, 2.45) is 0 Å². The van der Waals surface area contributed by atoms with Crippen LogP contribution in [0.25, 0.3) is 0 Å². The zero-order valence-corrected chi connectivity index (χ0v) is 10.3. The summed E-state index contributed by atoms with van der Waals surface area (Å²) in [6, 6.07) is 4.39. The highest BCUT2D eigenvalue weighted by Gasteiger charge is 2.21.